The monoisotopic (exact) mass is 303 g/mol. The molecule has 0 saturated carbocycles. The fourth-order valence-corrected chi connectivity index (χ4v) is 2.18. The first-order chi connectivity index (χ1) is 9.93. The Morgan fingerprint density at radius 2 is 1.62 bits per heavy atom. The molecule has 0 spiro atoms. The van der Waals surface area contributed by atoms with Crippen molar-refractivity contribution in [2.45, 2.75) is 6.92 Å². The van der Waals surface area contributed by atoms with Crippen LogP contribution in [0.2, 0.25) is 0 Å². The summed E-state index contributed by atoms with van der Waals surface area (Å²) >= 11 is 5.93. The fourth-order valence-electron chi connectivity index (χ4n) is 2.00. The van der Waals surface area contributed by atoms with Crippen molar-refractivity contribution >= 4 is 27.9 Å². The summed E-state index contributed by atoms with van der Waals surface area (Å²) in [6.07, 6.45) is 0. The Balaban J connectivity index is 2.92. The van der Waals surface area contributed by atoms with Gasteiger partial charge in [-0.2, -0.15) is 0 Å². The van der Waals surface area contributed by atoms with Gasteiger partial charge in [-0.3, -0.25) is 19.8 Å². The maximum atomic E-state index is 12.0. The number of aromatic nitrogens is 2. The molecular weight excluding hydrogens is 290 g/mol. The lowest BCUT2D eigenvalue weighted by molar-refractivity contribution is 0.920. The van der Waals surface area contributed by atoms with E-state index in [1.54, 1.807) is 0 Å². The smallest absolute Gasteiger partial charge is 0.272 e. The minimum absolute atomic E-state index is 0.0279. The average Bonchev–Trinajstić information content (AvgIpc) is 2.48. The zero-order chi connectivity index (χ0) is 15.6. The third-order valence-corrected chi connectivity index (χ3v) is 3.24. The number of aromatic amines is 2. The molecule has 21 heavy (non-hydrogen) atoms. The van der Waals surface area contributed by atoms with Crippen molar-refractivity contribution in [1.82, 2.24) is 10.2 Å². The van der Waals surface area contributed by atoms with Gasteiger partial charge in [0.25, 0.3) is 11.1 Å². The third-order valence-electron chi connectivity index (χ3n) is 3.05. The second-order valence-corrected chi connectivity index (χ2v) is 5.02. The van der Waals surface area contributed by atoms with E-state index in [1.807, 2.05) is 30.3 Å². The predicted molar refractivity (Wildman–Crippen MR) is 84.9 cm³/mol. The van der Waals surface area contributed by atoms with Crippen molar-refractivity contribution in [3.05, 3.63) is 73.6 Å². The molecule has 1 aromatic carbocycles. The van der Waals surface area contributed by atoms with E-state index in [0.29, 0.717) is 5.57 Å². The lowest BCUT2D eigenvalue weighted by Gasteiger charge is -2.06. The molecule has 1 aromatic heterocycles. The van der Waals surface area contributed by atoms with Crippen LogP contribution in [0.5, 0.6) is 0 Å². The predicted octanol–water partition coefficient (Wildman–Crippen LogP) is 0.210. The zero-order valence-corrected chi connectivity index (χ0v) is 12.1. The SMILES string of the molecule is C=C(/C(N)=c1/c(=O)[nH][nH]c(=O)/c1=C(/C)Cl)c1ccccc1. The molecule has 0 bridgehead atoms. The zero-order valence-electron chi connectivity index (χ0n) is 11.4. The summed E-state index contributed by atoms with van der Waals surface area (Å²) in [5, 5.41) is 4.73. The third kappa shape index (κ3) is 2.83. The molecule has 0 amide bonds. The molecule has 0 atom stereocenters. The van der Waals surface area contributed by atoms with Gasteiger partial charge in [-0.25, -0.2) is 0 Å². The van der Waals surface area contributed by atoms with E-state index in [2.05, 4.69) is 16.8 Å². The van der Waals surface area contributed by atoms with Crippen LogP contribution in [-0.2, 0) is 0 Å². The van der Waals surface area contributed by atoms with Crippen LogP contribution in [0.1, 0.15) is 12.5 Å². The second-order valence-electron chi connectivity index (χ2n) is 4.45. The molecule has 1 heterocycles. The van der Waals surface area contributed by atoms with Gasteiger partial charge >= 0.3 is 0 Å². The number of benzene rings is 1. The molecule has 5 nitrogen and oxygen atoms in total. The molecule has 0 unspecified atom stereocenters. The van der Waals surface area contributed by atoms with E-state index in [9.17, 15) is 9.59 Å². The molecule has 0 aliphatic heterocycles. The Bertz CT molecular complexity index is 920. The minimum atomic E-state index is -0.529. The van der Waals surface area contributed by atoms with Gasteiger partial charge < -0.3 is 5.73 Å². The van der Waals surface area contributed by atoms with E-state index in [0.717, 1.165) is 5.56 Å². The Morgan fingerprint density at radius 1 is 1.10 bits per heavy atom. The molecule has 0 aliphatic rings. The van der Waals surface area contributed by atoms with Crippen LogP contribution < -0.4 is 27.3 Å². The average molecular weight is 304 g/mol. The highest BCUT2D eigenvalue weighted by Gasteiger charge is 2.09. The van der Waals surface area contributed by atoms with Gasteiger partial charge in [0.15, 0.2) is 0 Å². The minimum Gasteiger partial charge on any atom is -0.398 e. The summed E-state index contributed by atoms with van der Waals surface area (Å²) in [6.45, 7) is 5.41. The van der Waals surface area contributed by atoms with Crippen LogP contribution in [0.25, 0.3) is 16.3 Å². The van der Waals surface area contributed by atoms with Crippen molar-refractivity contribution in [3.8, 4) is 0 Å². The molecule has 0 fully saturated rings. The van der Waals surface area contributed by atoms with Crippen molar-refractivity contribution in [3.63, 3.8) is 0 Å². The van der Waals surface area contributed by atoms with Gasteiger partial charge in [-0.15, -0.1) is 0 Å². The molecule has 0 aliphatic carbocycles. The standard InChI is InChI=1S/C15H14ClN3O2/c1-8(10-6-4-3-5-7-10)13(17)12-11(9(2)16)14(20)18-19-15(12)21/h3-7H,1,17H2,2H3,(H,18,20)(H,19,21)/b11-9-,13-12-. The van der Waals surface area contributed by atoms with Gasteiger partial charge in [-0.1, -0.05) is 48.5 Å². The summed E-state index contributed by atoms with van der Waals surface area (Å²) in [4.78, 5) is 23.9. The van der Waals surface area contributed by atoms with Crippen LogP contribution in [0.4, 0.5) is 0 Å². The molecule has 2 rings (SSSR count). The van der Waals surface area contributed by atoms with Gasteiger partial charge in [0.2, 0.25) is 0 Å². The molecule has 0 radical (unpaired) electrons. The number of H-pyrrole nitrogens is 2. The summed E-state index contributed by atoms with van der Waals surface area (Å²) in [5.74, 6) is 0. The highest BCUT2D eigenvalue weighted by molar-refractivity contribution is 6.44. The highest BCUT2D eigenvalue weighted by Crippen LogP contribution is 2.16. The van der Waals surface area contributed by atoms with Gasteiger partial charge in [-0.05, 0) is 18.1 Å². The summed E-state index contributed by atoms with van der Waals surface area (Å²) in [7, 11) is 0. The Morgan fingerprint density at radius 3 is 2.14 bits per heavy atom. The number of halogens is 1. The van der Waals surface area contributed by atoms with Crippen molar-refractivity contribution in [2.75, 3.05) is 0 Å². The van der Waals surface area contributed by atoms with Crippen LogP contribution in [0.3, 0.4) is 0 Å². The summed E-state index contributed by atoms with van der Waals surface area (Å²) in [6, 6.07) is 9.14. The molecule has 6 heteroatoms. The van der Waals surface area contributed by atoms with Crippen molar-refractivity contribution in [2.24, 2.45) is 5.73 Å². The molecule has 108 valence electrons. The van der Waals surface area contributed by atoms with Gasteiger partial charge in [0, 0.05) is 5.03 Å². The molecule has 4 N–H and O–H groups in total. The van der Waals surface area contributed by atoms with Crippen LogP contribution >= 0.6 is 11.6 Å². The summed E-state index contributed by atoms with van der Waals surface area (Å²) < 4.78 is 0. The number of nitrogens with one attached hydrogen (secondary N) is 2. The van der Waals surface area contributed by atoms with E-state index in [4.69, 9.17) is 17.3 Å². The molecule has 2 aromatic rings. The van der Waals surface area contributed by atoms with Crippen LogP contribution in [0, 0.1) is 0 Å². The van der Waals surface area contributed by atoms with E-state index < -0.39 is 11.1 Å². The quantitative estimate of drug-likeness (QED) is 0.740. The molecular formula is C15H14ClN3O2. The second kappa shape index (κ2) is 5.85. The Kier molecular flexibility index (Phi) is 4.14. The first-order valence-electron chi connectivity index (χ1n) is 6.15. The van der Waals surface area contributed by atoms with Gasteiger partial charge in [0.1, 0.15) is 0 Å². The lowest BCUT2D eigenvalue weighted by atomic mass is 10.0. The largest absolute Gasteiger partial charge is 0.398 e. The van der Waals surface area contributed by atoms with Crippen molar-refractivity contribution in [1.29, 1.82) is 0 Å². The number of hydrogen-bond donors (Lipinski definition) is 3. The number of rotatable bonds is 2. The van der Waals surface area contributed by atoms with Crippen LogP contribution in [-0.4, -0.2) is 10.2 Å². The lowest BCUT2D eigenvalue weighted by Crippen LogP contribution is -2.53. The molecule has 0 saturated heterocycles. The van der Waals surface area contributed by atoms with Crippen LogP contribution in [0.15, 0.2) is 46.5 Å². The van der Waals surface area contributed by atoms with E-state index >= 15 is 0 Å². The Labute approximate surface area is 125 Å². The summed E-state index contributed by atoms with van der Waals surface area (Å²) in [5.41, 5.74) is 6.33. The first-order valence-corrected chi connectivity index (χ1v) is 6.53. The topological polar surface area (TPSA) is 91.7 Å². The van der Waals surface area contributed by atoms with E-state index in [1.165, 1.54) is 6.92 Å². The fraction of sp³-hybridized carbons (Fsp3) is 0.0667. The Hall–Kier alpha value is -2.53. The van der Waals surface area contributed by atoms with E-state index in [-0.39, 0.29) is 21.2 Å². The van der Waals surface area contributed by atoms with Crippen molar-refractivity contribution < 1.29 is 0 Å². The highest BCUT2D eigenvalue weighted by atomic mass is 35.5. The maximum Gasteiger partial charge on any atom is 0.272 e. The normalized spacial score (nSPS) is 13.6. The number of hydrogen-bond acceptors (Lipinski definition) is 3. The maximum absolute atomic E-state index is 12.0. The van der Waals surface area contributed by atoms with Gasteiger partial charge in [0.05, 0.1) is 16.1 Å². The number of nitrogens with two attached hydrogens (primary N) is 1. The first kappa shape index (κ1) is 14.9.